The van der Waals surface area contributed by atoms with Crippen molar-refractivity contribution in [2.75, 3.05) is 0 Å². The van der Waals surface area contributed by atoms with Crippen molar-refractivity contribution in [3.8, 4) is 0 Å². The molecule has 0 unspecified atom stereocenters. The highest BCUT2D eigenvalue weighted by atomic mass is 16.6. The molecule has 0 aromatic carbocycles. The predicted octanol–water partition coefficient (Wildman–Crippen LogP) is 1.68. The van der Waals surface area contributed by atoms with Crippen molar-refractivity contribution in [3.63, 3.8) is 0 Å². The Morgan fingerprint density at radius 1 is 1.48 bits per heavy atom. The number of tetrazole rings is 1. The average molecular weight is 290 g/mol. The van der Waals surface area contributed by atoms with Crippen LogP contribution in [0.1, 0.15) is 46.4 Å². The molecular formula is C14H20N5O2+. The van der Waals surface area contributed by atoms with Crippen molar-refractivity contribution in [1.29, 1.82) is 0 Å². The number of fused-ring (bicyclic) bond motifs is 3. The molecule has 2 heterocycles. The predicted molar refractivity (Wildman–Crippen MR) is 75.6 cm³/mol. The fourth-order valence-electron chi connectivity index (χ4n) is 3.67. The zero-order chi connectivity index (χ0) is 15.4. The van der Waals surface area contributed by atoms with E-state index in [9.17, 15) is 10.1 Å². The van der Waals surface area contributed by atoms with Crippen LogP contribution >= 0.6 is 0 Å². The van der Waals surface area contributed by atoms with Crippen LogP contribution in [0.5, 0.6) is 0 Å². The molecule has 0 saturated heterocycles. The van der Waals surface area contributed by atoms with Crippen molar-refractivity contribution in [3.05, 3.63) is 32.7 Å². The molecule has 0 bridgehead atoms. The monoisotopic (exact) mass is 290 g/mol. The zero-order valence-electron chi connectivity index (χ0n) is 12.8. The van der Waals surface area contributed by atoms with Gasteiger partial charge in [-0.25, -0.2) is 0 Å². The molecule has 7 heteroatoms. The Morgan fingerprint density at radius 3 is 2.81 bits per heavy atom. The van der Waals surface area contributed by atoms with Gasteiger partial charge in [-0.3, -0.25) is 10.1 Å². The second-order valence-corrected chi connectivity index (χ2v) is 6.11. The Balaban J connectivity index is 2.32. The quantitative estimate of drug-likeness (QED) is 0.359. The molecule has 2 aliphatic rings. The molecule has 1 aromatic heterocycles. The highest BCUT2D eigenvalue weighted by molar-refractivity contribution is 5.41. The van der Waals surface area contributed by atoms with E-state index >= 15 is 0 Å². The number of aromatic nitrogens is 4. The van der Waals surface area contributed by atoms with Crippen molar-refractivity contribution in [2.24, 2.45) is 5.92 Å². The van der Waals surface area contributed by atoms with E-state index < -0.39 is 5.54 Å². The lowest BCUT2D eigenvalue weighted by molar-refractivity contribution is -0.780. The highest BCUT2D eigenvalue weighted by Gasteiger charge is 2.64. The summed E-state index contributed by atoms with van der Waals surface area (Å²) in [5, 5.41) is 20.3. The summed E-state index contributed by atoms with van der Waals surface area (Å²) in [6.07, 6.45) is 3.04. The number of nitro groups is 1. The van der Waals surface area contributed by atoms with E-state index in [1.807, 2.05) is 27.0 Å². The first-order valence-electron chi connectivity index (χ1n) is 7.25. The van der Waals surface area contributed by atoms with Gasteiger partial charge in [0, 0.05) is 4.92 Å². The second kappa shape index (κ2) is 4.47. The Bertz CT molecular complexity index is 688. The summed E-state index contributed by atoms with van der Waals surface area (Å²) >= 11 is 0. The van der Waals surface area contributed by atoms with Gasteiger partial charge in [-0.05, 0) is 39.7 Å². The van der Waals surface area contributed by atoms with Crippen molar-refractivity contribution >= 4 is 6.20 Å². The van der Waals surface area contributed by atoms with E-state index in [2.05, 4.69) is 17.4 Å². The number of hydrogen-bond acceptors (Lipinski definition) is 4. The van der Waals surface area contributed by atoms with Crippen molar-refractivity contribution < 1.29 is 9.61 Å². The minimum absolute atomic E-state index is 0.120. The van der Waals surface area contributed by atoms with E-state index in [4.69, 9.17) is 0 Å². The molecule has 0 amide bonds. The molecule has 0 N–H and O–H groups in total. The van der Waals surface area contributed by atoms with Gasteiger partial charge in [-0.1, -0.05) is 15.8 Å². The van der Waals surface area contributed by atoms with Crippen LogP contribution in [-0.2, 0) is 12.1 Å². The number of nitrogens with zero attached hydrogens (tertiary/aromatic N) is 5. The molecule has 1 aliphatic carbocycles. The molecule has 21 heavy (non-hydrogen) atoms. The fraction of sp³-hybridized carbons (Fsp3) is 0.643. The molecule has 0 radical (unpaired) electrons. The van der Waals surface area contributed by atoms with Gasteiger partial charge in [0.25, 0.3) is 0 Å². The number of allylic oxidation sites excluding steroid dienone is 1. The zero-order valence-corrected chi connectivity index (χ0v) is 12.8. The molecular weight excluding hydrogens is 270 g/mol. The van der Waals surface area contributed by atoms with E-state index in [1.165, 1.54) is 5.57 Å². The summed E-state index contributed by atoms with van der Waals surface area (Å²) in [7, 11) is 0. The summed E-state index contributed by atoms with van der Waals surface area (Å²) in [5.41, 5.74) is 2.21. The molecule has 0 fully saturated rings. The number of rotatable bonds is 2. The fourth-order valence-corrected chi connectivity index (χ4v) is 3.67. The second-order valence-electron chi connectivity index (χ2n) is 6.11. The lowest BCUT2D eigenvalue weighted by Crippen LogP contribution is -2.57. The Labute approximate surface area is 123 Å². The van der Waals surface area contributed by atoms with Crippen LogP contribution in [0, 0.1) is 16.0 Å². The minimum atomic E-state index is -1.15. The highest BCUT2D eigenvalue weighted by Crippen LogP contribution is 2.50. The smallest absolute Gasteiger partial charge is 0.263 e. The summed E-state index contributed by atoms with van der Waals surface area (Å²) in [4.78, 5) is 12.0. The SMILES string of the molecule is CC[n+]1nnn2c1[C@]1([N+](=O)[O-])CC(C)=C(C)C[C@@H]1C(C)=C2. The summed E-state index contributed by atoms with van der Waals surface area (Å²) in [6.45, 7) is 8.53. The van der Waals surface area contributed by atoms with Gasteiger partial charge in [-0.2, -0.15) is 0 Å². The van der Waals surface area contributed by atoms with Gasteiger partial charge in [0.15, 0.2) is 5.21 Å². The summed E-state index contributed by atoms with van der Waals surface area (Å²) < 4.78 is 3.25. The topological polar surface area (TPSA) is 77.7 Å². The first-order chi connectivity index (χ1) is 9.91. The summed E-state index contributed by atoms with van der Waals surface area (Å²) in [5.74, 6) is 0.470. The lowest BCUT2D eigenvalue weighted by atomic mass is 9.66. The average Bonchev–Trinajstić information content (AvgIpc) is 2.84. The van der Waals surface area contributed by atoms with Crippen molar-refractivity contribution in [1.82, 2.24) is 15.1 Å². The maximum atomic E-state index is 12.1. The van der Waals surface area contributed by atoms with E-state index in [-0.39, 0.29) is 10.8 Å². The van der Waals surface area contributed by atoms with Gasteiger partial charge in [0.05, 0.1) is 18.9 Å². The minimum Gasteiger partial charge on any atom is -0.263 e. The number of aryl methyl sites for hydroxylation is 1. The molecule has 112 valence electrons. The first kappa shape index (κ1) is 13.9. The molecule has 3 rings (SSSR count). The van der Waals surface area contributed by atoms with Gasteiger partial charge >= 0.3 is 11.4 Å². The van der Waals surface area contributed by atoms with Crippen LogP contribution in [0.2, 0.25) is 0 Å². The van der Waals surface area contributed by atoms with Gasteiger partial charge in [-0.15, -0.1) is 4.68 Å². The molecule has 1 aromatic rings. The maximum absolute atomic E-state index is 12.1. The molecule has 7 nitrogen and oxygen atoms in total. The molecule has 2 atom stereocenters. The van der Waals surface area contributed by atoms with Gasteiger partial charge in [0.2, 0.25) is 0 Å². The Morgan fingerprint density at radius 2 is 2.19 bits per heavy atom. The van der Waals surface area contributed by atoms with Crippen LogP contribution in [-0.4, -0.2) is 20.0 Å². The largest absolute Gasteiger partial charge is 0.341 e. The maximum Gasteiger partial charge on any atom is 0.341 e. The Kier molecular flexibility index (Phi) is 2.96. The third kappa shape index (κ3) is 1.69. The molecule has 0 spiro atoms. The van der Waals surface area contributed by atoms with Crippen LogP contribution in [0.4, 0.5) is 0 Å². The summed E-state index contributed by atoms with van der Waals surface area (Å²) in [6, 6.07) is 0. The van der Waals surface area contributed by atoms with Crippen LogP contribution in [0.25, 0.3) is 6.20 Å². The van der Waals surface area contributed by atoms with Crippen LogP contribution in [0.15, 0.2) is 16.7 Å². The van der Waals surface area contributed by atoms with E-state index in [1.54, 1.807) is 9.36 Å². The van der Waals surface area contributed by atoms with Gasteiger partial charge in [0.1, 0.15) is 11.4 Å². The Hall–Kier alpha value is -2.05. The van der Waals surface area contributed by atoms with Crippen LogP contribution in [0.3, 0.4) is 0 Å². The molecule has 0 saturated carbocycles. The third-order valence-electron chi connectivity index (χ3n) is 4.94. The molecule has 1 aliphatic heterocycles. The van der Waals surface area contributed by atoms with E-state index in [0.29, 0.717) is 18.8 Å². The third-order valence-corrected chi connectivity index (χ3v) is 4.94. The standard InChI is InChI=1S/C14H20N5O2/c1-5-17-13-14(19(20)21)7-10(3)9(2)6-12(14)11(4)8-18(13)16-15-17/h8,12H,5-7H2,1-4H3/q+1/t12-,14+/m1/s1. The van der Waals surface area contributed by atoms with E-state index in [0.717, 1.165) is 17.6 Å². The normalized spacial score (nSPS) is 28.0. The van der Waals surface area contributed by atoms with Crippen molar-refractivity contribution in [2.45, 2.75) is 52.6 Å². The van der Waals surface area contributed by atoms with Crippen LogP contribution < -0.4 is 4.68 Å². The lowest BCUT2D eigenvalue weighted by Gasteiger charge is -2.37. The first-order valence-corrected chi connectivity index (χ1v) is 7.25. The van der Waals surface area contributed by atoms with Gasteiger partial charge < -0.3 is 0 Å². The number of hydrogen-bond donors (Lipinski definition) is 0.